The number of fused-ring (bicyclic) bond motifs is 1. The van der Waals surface area contributed by atoms with Gasteiger partial charge < -0.3 is 17.2 Å². The Hall–Kier alpha value is -0.446. The standard InChI is InChI=1S/C11H11.3C3H8N.Ti/c1-2-9-5-3-6-10-7-4-8-11(9)10;3*1-3(2)4;/h3-8H,2H2,1H3;3*3-4H,1-2H3;/q;3*-1;+3. The summed E-state index contributed by atoms with van der Waals surface area (Å²) in [5, 5.41) is 0. The molecule has 2 rings (SSSR count). The molecule has 134 valence electrons. The van der Waals surface area contributed by atoms with E-state index in [4.69, 9.17) is 17.2 Å². The quantitative estimate of drug-likeness (QED) is 0.472. The zero-order valence-corrected chi connectivity index (χ0v) is 18.0. The van der Waals surface area contributed by atoms with Crippen LogP contribution in [0.15, 0.2) is 24.3 Å². The third kappa shape index (κ3) is 15.1. The molecule has 4 heteroatoms. The monoisotopic (exact) mass is 365 g/mol. The third-order valence-corrected chi connectivity index (χ3v) is 3.19. The predicted octanol–water partition coefficient (Wildman–Crippen LogP) is 7.20. The van der Waals surface area contributed by atoms with Crippen LogP contribution in [0.3, 0.4) is 0 Å². The SMILES string of the molecule is CC(C)[NH-].CC(C)[NH-].CC(C)[NH-].CCc1cccc2c1C=C[CH]2[Ti+3]. The van der Waals surface area contributed by atoms with Crippen molar-refractivity contribution in [3.63, 3.8) is 0 Å². The first-order chi connectivity index (χ1) is 11.0. The van der Waals surface area contributed by atoms with Crippen molar-refractivity contribution in [1.29, 1.82) is 0 Å². The van der Waals surface area contributed by atoms with E-state index in [0.717, 1.165) is 6.42 Å². The molecular formula is C20H35N3Ti. The summed E-state index contributed by atoms with van der Waals surface area (Å²) >= 11 is 2.25. The maximum absolute atomic E-state index is 6.58. The van der Waals surface area contributed by atoms with Gasteiger partial charge in [-0.2, -0.15) is 0 Å². The fraction of sp³-hybridized carbons (Fsp3) is 0.600. The number of allylic oxidation sites excluding steroid dienone is 1. The molecule has 0 spiro atoms. The van der Waals surface area contributed by atoms with Crippen LogP contribution in [0.5, 0.6) is 0 Å². The molecule has 1 aliphatic carbocycles. The van der Waals surface area contributed by atoms with E-state index in [-0.39, 0.29) is 18.1 Å². The molecule has 24 heavy (non-hydrogen) atoms. The summed E-state index contributed by atoms with van der Waals surface area (Å²) in [4.78, 5) is 0. The Morgan fingerprint density at radius 1 is 0.917 bits per heavy atom. The van der Waals surface area contributed by atoms with Crippen molar-refractivity contribution in [3.8, 4) is 0 Å². The van der Waals surface area contributed by atoms with Gasteiger partial charge in [-0.25, -0.2) is 0 Å². The summed E-state index contributed by atoms with van der Waals surface area (Å²) in [5.74, 6) is 0. The Balaban J connectivity index is 0. The van der Waals surface area contributed by atoms with Crippen LogP contribution in [0.1, 0.15) is 69.4 Å². The van der Waals surface area contributed by atoms with Gasteiger partial charge in [0.2, 0.25) is 0 Å². The molecule has 0 saturated carbocycles. The summed E-state index contributed by atoms with van der Waals surface area (Å²) < 4.78 is 0.617. The molecule has 1 aliphatic rings. The van der Waals surface area contributed by atoms with Gasteiger partial charge in [0.25, 0.3) is 0 Å². The van der Waals surface area contributed by atoms with Gasteiger partial charge in [0, 0.05) is 0 Å². The molecule has 0 aliphatic heterocycles. The van der Waals surface area contributed by atoms with E-state index >= 15 is 0 Å². The Bertz CT molecular complexity index is 432. The van der Waals surface area contributed by atoms with Crippen LogP contribution in [-0.4, -0.2) is 18.1 Å². The molecule has 0 heterocycles. The second-order valence-electron chi connectivity index (χ2n) is 6.57. The topological polar surface area (TPSA) is 71.4 Å². The fourth-order valence-electron chi connectivity index (χ4n) is 1.71. The van der Waals surface area contributed by atoms with Crippen molar-refractivity contribution >= 4 is 6.08 Å². The molecule has 3 nitrogen and oxygen atoms in total. The molecular weight excluding hydrogens is 330 g/mol. The van der Waals surface area contributed by atoms with Gasteiger partial charge in [0.15, 0.2) is 0 Å². The zero-order chi connectivity index (χ0) is 19.3. The van der Waals surface area contributed by atoms with Crippen LogP contribution in [0.25, 0.3) is 23.3 Å². The average Bonchev–Trinajstić information content (AvgIpc) is 2.79. The van der Waals surface area contributed by atoms with Gasteiger partial charge in [0.05, 0.1) is 0 Å². The Labute approximate surface area is 161 Å². The summed E-state index contributed by atoms with van der Waals surface area (Å²) in [6.07, 6.45) is 5.68. The summed E-state index contributed by atoms with van der Waals surface area (Å²) in [6.45, 7) is 13.2. The van der Waals surface area contributed by atoms with Gasteiger partial charge >= 0.3 is 85.0 Å². The molecule has 0 bridgehead atoms. The molecule has 0 fully saturated rings. The predicted molar refractivity (Wildman–Crippen MR) is 106 cm³/mol. The average molecular weight is 365 g/mol. The Kier molecular flexibility index (Phi) is 16.0. The van der Waals surface area contributed by atoms with Crippen molar-refractivity contribution in [1.82, 2.24) is 0 Å². The molecule has 1 unspecified atom stereocenters. The molecule has 1 aromatic rings. The van der Waals surface area contributed by atoms with E-state index in [1.165, 1.54) is 16.7 Å². The number of benzene rings is 1. The zero-order valence-electron chi connectivity index (χ0n) is 16.4. The van der Waals surface area contributed by atoms with E-state index in [0.29, 0.717) is 4.22 Å². The van der Waals surface area contributed by atoms with Crippen LogP contribution in [0, 0.1) is 0 Å². The van der Waals surface area contributed by atoms with Crippen molar-refractivity contribution in [2.75, 3.05) is 0 Å². The third-order valence-electron chi connectivity index (χ3n) is 2.40. The van der Waals surface area contributed by atoms with Crippen molar-refractivity contribution in [3.05, 3.63) is 58.2 Å². The minimum atomic E-state index is 0.0833. The van der Waals surface area contributed by atoms with Crippen molar-refractivity contribution in [2.45, 2.75) is 77.2 Å². The van der Waals surface area contributed by atoms with Gasteiger partial charge in [-0.15, -0.1) is 18.1 Å². The molecule has 0 saturated heterocycles. The number of hydrogen-bond donors (Lipinski definition) is 0. The first-order valence-electron chi connectivity index (χ1n) is 8.67. The van der Waals surface area contributed by atoms with E-state index < -0.39 is 0 Å². The first-order valence-corrected chi connectivity index (χ1v) is 9.57. The number of rotatable bonds is 1. The van der Waals surface area contributed by atoms with Gasteiger partial charge in [-0.05, 0) is 0 Å². The van der Waals surface area contributed by atoms with E-state index in [9.17, 15) is 0 Å². The van der Waals surface area contributed by atoms with Crippen LogP contribution >= 0.6 is 0 Å². The number of nitrogens with one attached hydrogen (secondary N) is 3. The van der Waals surface area contributed by atoms with Crippen LogP contribution in [-0.2, 0) is 26.9 Å². The first kappa shape index (κ1) is 25.8. The van der Waals surface area contributed by atoms with E-state index in [1.807, 2.05) is 41.5 Å². The molecule has 0 amide bonds. The maximum atomic E-state index is 6.58. The van der Waals surface area contributed by atoms with E-state index in [2.05, 4.69) is 57.7 Å². The minimum absolute atomic E-state index is 0.0833. The molecule has 1 aromatic carbocycles. The van der Waals surface area contributed by atoms with E-state index in [1.54, 1.807) is 0 Å². The molecule has 0 aromatic heterocycles. The Morgan fingerprint density at radius 3 is 1.71 bits per heavy atom. The number of aryl methyl sites for hydroxylation is 1. The summed E-state index contributed by atoms with van der Waals surface area (Å²) in [6, 6.07) is 6.88. The summed E-state index contributed by atoms with van der Waals surface area (Å²) in [5.41, 5.74) is 24.2. The van der Waals surface area contributed by atoms with Crippen LogP contribution < -0.4 is 0 Å². The Morgan fingerprint density at radius 2 is 1.33 bits per heavy atom. The molecule has 3 N–H and O–H groups in total. The van der Waals surface area contributed by atoms with Crippen molar-refractivity contribution < 1.29 is 20.4 Å². The van der Waals surface area contributed by atoms with Crippen LogP contribution in [0.2, 0.25) is 0 Å². The molecule has 0 radical (unpaired) electrons. The number of hydrogen-bond acceptors (Lipinski definition) is 0. The second kappa shape index (κ2) is 14.9. The second-order valence-corrected chi connectivity index (χ2v) is 7.55. The van der Waals surface area contributed by atoms with Gasteiger partial charge in [-0.3, -0.25) is 0 Å². The van der Waals surface area contributed by atoms with Gasteiger partial charge in [0.1, 0.15) is 0 Å². The van der Waals surface area contributed by atoms with Crippen LogP contribution in [0.4, 0.5) is 0 Å². The fourth-order valence-corrected chi connectivity index (χ4v) is 2.26. The molecule has 1 atom stereocenters. The van der Waals surface area contributed by atoms with Gasteiger partial charge in [-0.1, -0.05) is 41.5 Å². The normalized spacial score (nSPS) is 14.4. The summed E-state index contributed by atoms with van der Waals surface area (Å²) in [7, 11) is 0. The van der Waals surface area contributed by atoms with Crippen molar-refractivity contribution in [2.24, 2.45) is 0 Å².